The van der Waals surface area contributed by atoms with Gasteiger partial charge in [0.2, 0.25) is 0 Å². The van der Waals surface area contributed by atoms with E-state index in [1.807, 2.05) is 19.1 Å². The Hall–Kier alpha value is -3.05. The molecule has 5 heteroatoms. The van der Waals surface area contributed by atoms with Gasteiger partial charge in [-0.15, -0.1) is 11.3 Å². The summed E-state index contributed by atoms with van der Waals surface area (Å²) in [6, 6.07) is 18.8. The molecule has 1 aliphatic heterocycles. The Bertz CT molecular complexity index is 1190. The van der Waals surface area contributed by atoms with Crippen molar-refractivity contribution in [1.82, 2.24) is 9.88 Å². The summed E-state index contributed by atoms with van der Waals surface area (Å²) in [4.78, 5) is 14.0. The molecule has 1 atom stereocenters. The monoisotopic (exact) mass is 387 g/mol. The predicted molar refractivity (Wildman–Crippen MR) is 115 cm³/mol. The number of rotatable bonds is 3. The quantitative estimate of drug-likeness (QED) is 0.506. The molecule has 4 aromatic rings. The van der Waals surface area contributed by atoms with Gasteiger partial charge in [-0.25, -0.2) is 0 Å². The number of aryl methyl sites for hydroxylation is 1. The fourth-order valence-corrected chi connectivity index (χ4v) is 5.03. The van der Waals surface area contributed by atoms with Crippen molar-refractivity contribution >= 4 is 33.1 Å². The highest BCUT2D eigenvalue weighted by Gasteiger charge is 2.30. The first-order valence-electron chi connectivity index (χ1n) is 9.41. The Morgan fingerprint density at radius 1 is 1.00 bits per heavy atom. The summed E-state index contributed by atoms with van der Waals surface area (Å²) in [6.45, 7) is 4.87. The van der Waals surface area contributed by atoms with Crippen LogP contribution in [-0.4, -0.2) is 10.5 Å². The van der Waals surface area contributed by atoms with Crippen LogP contribution in [0.25, 0.3) is 10.9 Å². The van der Waals surface area contributed by atoms with Crippen molar-refractivity contribution in [3.8, 4) is 0 Å². The second-order valence-electron chi connectivity index (χ2n) is 7.25. The Morgan fingerprint density at radius 2 is 1.75 bits per heavy atom. The van der Waals surface area contributed by atoms with Gasteiger partial charge in [-0.3, -0.25) is 4.79 Å². The highest BCUT2D eigenvalue weighted by molar-refractivity contribution is 7.16. The SMILES string of the molecule is Cc1sc2c(c1C)C(=O)NC(c1cn(Cc3ccccc3)c3ccccc13)N2. The van der Waals surface area contributed by atoms with Gasteiger partial charge < -0.3 is 15.2 Å². The molecule has 2 aromatic carbocycles. The minimum Gasteiger partial charge on any atom is -0.353 e. The van der Waals surface area contributed by atoms with Crippen molar-refractivity contribution in [2.24, 2.45) is 0 Å². The van der Waals surface area contributed by atoms with Crippen molar-refractivity contribution in [3.05, 3.63) is 87.9 Å². The zero-order valence-corrected chi connectivity index (χ0v) is 16.6. The number of anilines is 1. The standard InChI is InChI=1S/C23H21N3OS/c1-14-15(2)28-23-20(14)22(27)24-21(25-23)18-13-26(12-16-8-4-3-5-9-16)19-11-7-6-10-17(18)19/h3-11,13,21,25H,12H2,1-2H3,(H,24,27). The van der Waals surface area contributed by atoms with Crippen molar-refractivity contribution in [2.45, 2.75) is 26.6 Å². The van der Waals surface area contributed by atoms with E-state index >= 15 is 0 Å². The molecule has 0 aliphatic carbocycles. The topological polar surface area (TPSA) is 46.1 Å². The van der Waals surface area contributed by atoms with E-state index in [0.29, 0.717) is 0 Å². The fraction of sp³-hybridized carbons (Fsp3) is 0.174. The molecule has 2 N–H and O–H groups in total. The molecule has 1 amide bonds. The zero-order valence-electron chi connectivity index (χ0n) is 15.8. The van der Waals surface area contributed by atoms with E-state index in [0.717, 1.165) is 33.6 Å². The summed E-state index contributed by atoms with van der Waals surface area (Å²) in [7, 11) is 0. The number of hydrogen-bond acceptors (Lipinski definition) is 3. The van der Waals surface area contributed by atoms with Crippen molar-refractivity contribution < 1.29 is 4.79 Å². The number of carbonyl (C=O) groups is 1. The largest absolute Gasteiger partial charge is 0.353 e. The summed E-state index contributed by atoms with van der Waals surface area (Å²) >= 11 is 1.66. The number of aromatic nitrogens is 1. The third-order valence-electron chi connectivity index (χ3n) is 5.49. The second-order valence-corrected chi connectivity index (χ2v) is 8.48. The number of carbonyl (C=O) groups excluding carboxylic acids is 1. The molecule has 0 saturated heterocycles. The van der Waals surface area contributed by atoms with E-state index < -0.39 is 0 Å². The molecule has 3 heterocycles. The number of benzene rings is 2. The molecular formula is C23H21N3OS. The lowest BCUT2D eigenvalue weighted by Gasteiger charge is -2.26. The van der Waals surface area contributed by atoms with Crippen LogP contribution in [0, 0.1) is 13.8 Å². The number of nitrogens with zero attached hydrogens (tertiary/aromatic N) is 1. The van der Waals surface area contributed by atoms with E-state index in [1.54, 1.807) is 11.3 Å². The zero-order chi connectivity index (χ0) is 19.3. The molecule has 1 aliphatic rings. The number of hydrogen-bond donors (Lipinski definition) is 2. The first kappa shape index (κ1) is 17.1. The van der Waals surface area contributed by atoms with E-state index in [4.69, 9.17) is 0 Å². The van der Waals surface area contributed by atoms with Gasteiger partial charge in [0.15, 0.2) is 0 Å². The predicted octanol–water partition coefficient (Wildman–Crippen LogP) is 5.22. The molecule has 2 aromatic heterocycles. The number of nitrogens with one attached hydrogen (secondary N) is 2. The van der Waals surface area contributed by atoms with Crippen LogP contribution in [0.5, 0.6) is 0 Å². The summed E-state index contributed by atoms with van der Waals surface area (Å²) in [5.74, 6) is 0.000454. The third kappa shape index (κ3) is 2.70. The van der Waals surface area contributed by atoms with Crippen LogP contribution in [0.4, 0.5) is 5.00 Å². The van der Waals surface area contributed by atoms with Gasteiger partial charge in [0.25, 0.3) is 5.91 Å². The highest BCUT2D eigenvalue weighted by Crippen LogP contribution is 2.38. The second kappa shape index (κ2) is 6.53. The van der Waals surface area contributed by atoms with E-state index in [1.165, 1.54) is 16.0 Å². The van der Waals surface area contributed by atoms with Crippen molar-refractivity contribution in [3.63, 3.8) is 0 Å². The minimum atomic E-state index is -0.237. The van der Waals surface area contributed by atoms with Crippen LogP contribution < -0.4 is 10.6 Å². The lowest BCUT2D eigenvalue weighted by molar-refractivity contribution is 0.0936. The van der Waals surface area contributed by atoms with Gasteiger partial charge >= 0.3 is 0 Å². The van der Waals surface area contributed by atoms with Crippen molar-refractivity contribution in [2.75, 3.05) is 5.32 Å². The van der Waals surface area contributed by atoms with Crippen LogP contribution in [0.1, 0.15) is 38.1 Å². The van der Waals surface area contributed by atoms with Crippen molar-refractivity contribution in [1.29, 1.82) is 0 Å². The Labute approximate surface area is 167 Å². The minimum absolute atomic E-state index is 0.000454. The lowest BCUT2D eigenvalue weighted by Crippen LogP contribution is -2.38. The Morgan fingerprint density at radius 3 is 2.57 bits per heavy atom. The molecule has 28 heavy (non-hydrogen) atoms. The molecule has 0 radical (unpaired) electrons. The molecule has 4 nitrogen and oxygen atoms in total. The van der Waals surface area contributed by atoms with Gasteiger partial charge in [-0.2, -0.15) is 0 Å². The number of para-hydroxylation sites is 1. The Kier molecular flexibility index (Phi) is 3.98. The van der Waals surface area contributed by atoms with Crippen LogP contribution in [0.3, 0.4) is 0 Å². The number of amides is 1. The molecule has 0 saturated carbocycles. The molecular weight excluding hydrogens is 366 g/mol. The molecule has 5 rings (SSSR count). The maximum Gasteiger partial charge on any atom is 0.256 e. The molecule has 1 unspecified atom stereocenters. The molecule has 0 spiro atoms. The maximum absolute atomic E-state index is 12.8. The first-order chi connectivity index (χ1) is 13.6. The Balaban J connectivity index is 1.57. The lowest BCUT2D eigenvalue weighted by atomic mass is 10.1. The van der Waals surface area contributed by atoms with Gasteiger partial charge in [-0.05, 0) is 31.0 Å². The summed E-state index contributed by atoms with van der Waals surface area (Å²) in [5.41, 5.74) is 5.36. The van der Waals surface area contributed by atoms with Crippen LogP contribution >= 0.6 is 11.3 Å². The fourth-order valence-electron chi connectivity index (χ4n) is 3.94. The molecule has 0 fully saturated rings. The van der Waals surface area contributed by atoms with E-state index in [9.17, 15) is 4.79 Å². The van der Waals surface area contributed by atoms with Gasteiger partial charge in [0.1, 0.15) is 11.2 Å². The molecule has 140 valence electrons. The number of fused-ring (bicyclic) bond motifs is 2. The van der Waals surface area contributed by atoms with Crippen LogP contribution in [-0.2, 0) is 6.54 Å². The summed E-state index contributed by atoms with van der Waals surface area (Å²) in [5, 5.41) is 8.82. The third-order valence-corrected chi connectivity index (χ3v) is 6.63. The smallest absolute Gasteiger partial charge is 0.256 e. The van der Waals surface area contributed by atoms with Crippen LogP contribution in [0.2, 0.25) is 0 Å². The van der Waals surface area contributed by atoms with E-state index in [2.05, 4.69) is 70.8 Å². The maximum atomic E-state index is 12.8. The number of thiophene rings is 1. The highest BCUT2D eigenvalue weighted by atomic mass is 32.1. The van der Waals surface area contributed by atoms with Gasteiger partial charge in [-0.1, -0.05) is 48.5 Å². The van der Waals surface area contributed by atoms with Crippen LogP contribution in [0.15, 0.2) is 60.8 Å². The average molecular weight is 388 g/mol. The molecule has 0 bridgehead atoms. The van der Waals surface area contributed by atoms with E-state index in [-0.39, 0.29) is 12.1 Å². The normalized spacial score (nSPS) is 15.9. The summed E-state index contributed by atoms with van der Waals surface area (Å²) in [6.07, 6.45) is 1.92. The van der Waals surface area contributed by atoms with Gasteiger partial charge in [0.05, 0.1) is 5.56 Å². The van der Waals surface area contributed by atoms with Gasteiger partial charge in [0, 0.05) is 34.1 Å². The summed E-state index contributed by atoms with van der Waals surface area (Å²) < 4.78 is 2.26. The average Bonchev–Trinajstić information content (AvgIpc) is 3.20. The first-order valence-corrected chi connectivity index (χ1v) is 10.2.